The van der Waals surface area contributed by atoms with Crippen molar-refractivity contribution in [2.45, 2.75) is 44.3 Å². The van der Waals surface area contributed by atoms with Gasteiger partial charge >= 0.3 is 0 Å². The summed E-state index contributed by atoms with van der Waals surface area (Å²) >= 11 is 7.49. The van der Waals surface area contributed by atoms with Crippen LogP contribution in [-0.2, 0) is 17.8 Å². The molecule has 2 amide bonds. The van der Waals surface area contributed by atoms with Gasteiger partial charge in [0, 0.05) is 52.3 Å². The lowest BCUT2D eigenvalue weighted by Crippen LogP contribution is -2.54. The van der Waals surface area contributed by atoms with Crippen LogP contribution in [0.15, 0.2) is 24.3 Å². The first-order valence-corrected chi connectivity index (χ1v) is 14.0. The number of aromatic amines is 1. The second-order valence-corrected chi connectivity index (χ2v) is 12.0. The van der Waals surface area contributed by atoms with Crippen molar-refractivity contribution in [2.75, 3.05) is 34.7 Å². The van der Waals surface area contributed by atoms with Crippen LogP contribution in [0.5, 0.6) is 0 Å². The predicted molar refractivity (Wildman–Crippen MR) is 151 cm³/mol. The van der Waals surface area contributed by atoms with Gasteiger partial charge in [0.25, 0.3) is 11.8 Å². The van der Waals surface area contributed by atoms with Crippen LogP contribution in [0.25, 0.3) is 10.9 Å². The van der Waals surface area contributed by atoms with Gasteiger partial charge in [0.2, 0.25) is 0 Å². The number of rotatable bonds is 5. The number of halogens is 1. The Morgan fingerprint density at radius 2 is 1.89 bits per heavy atom. The maximum absolute atomic E-state index is 13.0. The number of carbonyl (C=O) groups is 3. The number of nitrogens with zero attached hydrogens (tertiary/aromatic N) is 3. The van der Waals surface area contributed by atoms with Crippen molar-refractivity contribution in [1.29, 1.82) is 0 Å². The van der Waals surface area contributed by atoms with E-state index < -0.39 is 0 Å². The summed E-state index contributed by atoms with van der Waals surface area (Å²) in [5, 5.41) is 8.01. The summed E-state index contributed by atoms with van der Waals surface area (Å²) in [5.41, 5.74) is 2.22. The molecule has 0 spiro atoms. The Morgan fingerprint density at radius 1 is 1.16 bits per heavy atom. The van der Waals surface area contributed by atoms with Gasteiger partial charge in [-0.15, -0.1) is 11.3 Å². The fraction of sp³-hybridized carbons (Fsp3) is 0.481. The first kappa shape index (κ1) is 28.2. The van der Waals surface area contributed by atoms with Gasteiger partial charge in [0.05, 0.1) is 11.7 Å². The van der Waals surface area contributed by atoms with Gasteiger partial charge in [-0.05, 0) is 71.7 Å². The second-order valence-electron chi connectivity index (χ2n) is 10.5. The van der Waals surface area contributed by atoms with Crippen LogP contribution in [0, 0.1) is 5.92 Å². The molecule has 11 heteroatoms. The number of likely N-dealkylation sites (N-methyl/N-ethyl adjacent to an activating group) is 1. The Labute approximate surface area is 231 Å². The minimum atomic E-state index is -0.365. The molecule has 3 N–H and O–H groups in total. The molecule has 1 aliphatic carbocycles. The molecule has 3 atom stereocenters. The molecule has 5 rings (SSSR count). The number of H-pyrrole nitrogens is 1. The van der Waals surface area contributed by atoms with Gasteiger partial charge in [-0.1, -0.05) is 11.6 Å². The summed E-state index contributed by atoms with van der Waals surface area (Å²) in [5.74, 6) is -0.658. The smallest absolute Gasteiger partial charge is 0.280 e. The predicted octanol–water partition coefficient (Wildman–Crippen LogP) is 3.34. The molecule has 38 heavy (non-hydrogen) atoms. The lowest BCUT2D eigenvalue weighted by Gasteiger charge is -2.35. The second kappa shape index (κ2) is 12.4. The first-order valence-electron chi connectivity index (χ1n) is 12.8. The van der Waals surface area contributed by atoms with Crippen LogP contribution in [0.3, 0.4) is 0 Å². The molecule has 9 nitrogen and oxygen atoms in total. The van der Waals surface area contributed by atoms with Gasteiger partial charge in [-0.3, -0.25) is 9.59 Å². The maximum atomic E-state index is 13.0. The molecule has 1 aliphatic heterocycles. The zero-order valence-corrected chi connectivity index (χ0v) is 23.8. The van der Waals surface area contributed by atoms with E-state index in [0.717, 1.165) is 47.3 Å². The van der Waals surface area contributed by atoms with Crippen molar-refractivity contribution in [2.24, 2.45) is 5.92 Å². The zero-order chi connectivity index (χ0) is 27.4. The van der Waals surface area contributed by atoms with E-state index in [0.29, 0.717) is 35.0 Å². The minimum Gasteiger partial charge on any atom is -0.351 e. The van der Waals surface area contributed by atoms with Crippen molar-refractivity contribution < 1.29 is 14.4 Å². The largest absolute Gasteiger partial charge is 0.351 e. The molecule has 204 valence electrons. The van der Waals surface area contributed by atoms with E-state index in [1.165, 1.54) is 11.3 Å². The molecule has 1 aromatic carbocycles. The zero-order valence-electron chi connectivity index (χ0n) is 22.2. The van der Waals surface area contributed by atoms with Gasteiger partial charge in [0.15, 0.2) is 5.01 Å². The summed E-state index contributed by atoms with van der Waals surface area (Å²) in [6.45, 7) is 1.74. The molecule has 3 heterocycles. The van der Waals surface area contributed by atoms with Crippen LogP contribution >= 0.6 is 22.9 Å². The van der Waals surface area contributed by atoms with Crippen LogP contribution in [0.4, 0.5) is 0 Å². The van der Waals surface area contributed by atoms with Gasteiger partial charge in [-0.25, -0.2) is 4.98 Å². The molecule has 2 aromatic heterocycles. The van der Waals surface area contributed by atoms with Gasteiger partial charge < -0.3 is 30.2 Å². The lowest BCUT2D eigenvalue weighted by atomic mass is 9.83. The quantitative estimate of drug-likeness (QED) is 0.414. The van der Waals surface area contributed by atoms with E-state index in [1.807, 2.05) is 32.1 Å². The molecule has 1 fully saturated rings. The number of aldehydes is 1. The third-order valence-electron chi connectivity index (χ3n) is 6.66. The van der Waals surface area contributed by atoms with Crippen molar-refractivity contribution in [3.63, 3.8) is 0 Å². The molecule has 0 bridgehead atoms. The monoisotopic (exact) mass is 558 g/mol. The fourth-order valence-corrected chi connectivity index (χ4v) is 6.05. The molecule has 0 unspecified atom stereocenters. The highest BCUT2D eigenvalue weighted by molar-refractivity contribution is 7.13. The maximum Gasteiger partial charge on any atom is 0.280 e. The number of fused-ring (bicyclic) bond motifs is 2. The molecule has 3 aromatic rings. The molecular weight excluding hydrogens is 524 g/mol. The number of hydrogen-bond acceptors (Lipinski definition) is 7. The third-order valence-corrected chi connectivity index (χ3v) is 7.98. The number of nitrogens with one attached hydrogen (secondary N) is 3. The van der Waals surface area contributed by atoms with E-state index >= 15 is 0 Å². The van der Waals surface area contributed by atoms with E-state index in [-0.39, 0.29) is 29.8 Å². The van der Waals surface area contributed by atoms with E-state index in [9.17, 15) is 14.4 Å². The van der Waals surface area contributed by atoms with E-state index in [1.54, 1.807) is 18.2 Å². The lowest BCUT2D eigenvalue weighted by molar-refractivity contribution is -0.112. The number of hydrogen-bond donors (Lipinski definition) is 3. The third kappa shape index (κ3) is 6.99. The van der Waals surface area contributed by atoms with Crippen LogP contribution in [0.1, 0.15) is 50.1 Å². The first-order chi connectivity index (χ1) is 18.1. The average Bonchev–Trinajstić information content (AvgIpc) is 3.48. The van der Waals surface area contributed by atoms with Gasteiger partial charge in [0.1, 0.15) is 12.0 Å². The summed E-state index contributed by atoms with van der Waals surface area (Å²) in [6.07, 6.45) is 3.54. The highest BCUT2D eigenvalue weighted by Gasteiger charge is 2.34. The summed E-state index contributed by atoms with van der Waals surface area (Å²) in [6, 6.07) is 6.48. The fourth-order valence-electron chi connectivity index (χ4n) is 4.78. The Balaban J connectivity index is 0.000000786. The standard InChI is InChI=1S/C24H26ClN5O3S.C3H9N/c1-30-7-6-18-21(11-30)34-24(29-18)23(33)27-17-4-2-13(12-31)8-19(17)28-22(32)20-10-14-9-15(25)3-5-16(14)26-20;1-4(2)3/h3,5,9-10,12-13,17,19,26H,2,4,6-8,11H2,1H3,(H,27,33)(H,28,32);1-3H3/t13-,17+,19-;/m0./s1. The number of aromatic nitrogens is 2. The average molecular weight is 559 g/mol. The molecule has 1 saturated carbocycles. The SMILES string of the molecule is CN(C)C.CN1CCc2nc(C(=O)N[C@@H]3CC[C@H](C=O)C[C@@H]3NC(=O)c3cc4cc(Cl)ccc4[nH]3)sc2C1. The summed E-state index contributed by atoms with van der Waals surface area (Å²) < 4.78 is 0. The van der Waals surface area contributed by atoms with Gasteiger partial charge in [-0.2, -0.15) is 0 Å². The van der Waals surface area contributed by atoms with E-state index in [2.05, 4.69) is 32.5 Å². The Bertz CT molecular complexity index is 1300. The van der Waals surface area contributed by atoms with E-state index in [4.69, 9.17) is 11.6 Å². The Morgan fingerprint density at radius 3 is 2.63 bits per heavy atom. The van der Waals surface area contributed by atoms with Crippen molar-refractivity contribution in [1.82, 2.24) is 30.4 Å². The number of carbonyl (C=O) groups excluding carboxylic acids is 3. The number of thiazole rings is 1. The highest BCUT2D eigenvalue weighted by atomic mass is 35.5. The molecule has 2 aliphatic rings. The van der Waals surface area contributed by atoms with Crippen LogP contribution in [-0.4, -0.2) is 84.7 Å². The topological polar surface area (TPSA) is 110 Å². The molecular formula is C27H35ClN6O3S. The highest BCUT2D eigenvalue weighted by Crippen LogP contribution is 2.27. The van der Waals surface area contributed by atoms with Crippen molar-refractivity contribution in [3.8, 4) is 0 Å². The molecule has 0 saturated heterocycles. The van der Waals surface area contributed by atoms with Crippen molar-refractivity contribution in [3.05, 3.63) is 50.6 Å². The van der Waals surface area contributed by atoms with Crippen molar-refractivity contribution >= 4 is 51.9 Å². The van der Waals surface area contributed by atoms with Crippen LogP contribution in [0.2, 0.25) is 5.02 Å². The number of benzene rings is 1. The minimum absolute atomic E-state index is 0.150. The Hall–Kier alpha value is -2.79. The summed E-state index contributed by atoms with van der Waals surface area (Å²) in [4.78, 5) is 50.6. The Kier molecular flexibility index (Phi) is 9.19. The summed E-state index contributed by atoms with van der Waals surface area (Å²) in [7, 11) is 8.06. The van der Waals surface area contributed by atoms with Crippen LogP contribution < -0.4 is 10.6 Å². The number of amides is 2. The normalized spacial score (nSPS) is 21.4. The molecule has 0 radical (unpaired) electrons.